The zero-order chi connectivity index (χ0) is 18.0. The van der Waals surface area contributed by atoms with Crippen molar-refractivity contribution in [2.24, 2.45) is 10.9 Å². The van der Waals surface area contributed by atoms with Gasteiger partial charge in [0.1, 0.15) is 5.82 Å². The third kappa shape index (κ3) is 6.65. The summed E-state index contributed by atoms with van der Waals surface area (Å²) in [6.07, 6.45) is 8.77. The molecule has 0 amide bonds. The van der Waals surface area contributed by atoms with Gasteiger partial charge in [0, 0.05) is 10.6 Å². The zero-order valence-electron chi connectivity index (χ0n) is 14.8. The minimum absolute atomic E-state index is 0.245. The van der Waals surface area contributed by atoms with Crippen molar-refractivity contribution in [1.29, 1.82) is 0 Å². The molecule has 0 heterocycles. The molecule has 2 aromatic carbocycles. The molecular weight excluding hydrogens is 361 g/mol. The molecule has 0 bridgehead atoms. The lowest BCUT2D eigenvalue weighted by Gasteiger charge is -2.20. The van der Waals surface area contributed by atoms with E-state index < -0.39 is 0 Å². The Labute approximate surface area is 164 Å². The highest BCUT2D eigenvalue weighted by Crippen LogP contribution is 2.29. The molecule has 1 aliphatic rings. The molecule has 0 spiro atoms. The third-order valence-corrected chi connectivity index (χ3v) is 6.37. The fourth-order valence-electron chi connectivity index (χ4n) is 3.02. The van der Waals surface area contributed by atoms with Gasteiger partial charge in [-0.15, -0.1) is 11.8 Å². The molecule has 26 heavy (non-hydrogen) atoms. The fourth-order valence-corrected chi connectivity index (χ4v) is 4.85. The van der Waals surface area contributed by atoms with Crippen LogP contribution in [0.25, 0.3) is 0 Å². The van der Waals surface area contributed by atoms with E-state index in [-0.39, 0.29) is 5.82 Å². The van der Waals surface area contributed by atoms with Crippen molar-refractivity contribution in [3.05, 3.63) is 71.9 Å². The molecule has 0 saturated heterocycles. The van der Waals surface area contributed by atoms with Crippen LogP contribution in [-0.4, -0.2) is 10.8 Å². The first-order valence-electron chi connectivity index (χ1n) is 9.15. The standard InChI is InChI=1S/C22H24FNS2/c23-19-10-7-11-20(16-19)24-22(26-17-18-8-3-1-4-9-18)14-15-25-21-12-5-2-6-13-21/h2,5-7,10-16,18H,1,3-4,8-9,17H2/b15-14+,24-22?. The van der Waals surface area contributed by atoms with Crippen LogP contribution in [0.3, 0.4) is 0 Å². The van der Waals surface area contributed by atoms with E-state index in [4.69, 9.17) is 0 Å². The van der Waals surface area contributed by atoms with E-state index in [0.29, 0.717) is 5.69 Å². The molecule has 1 fully saturated rings. The number of hydrogen-bond donors (Lipinski definition) is 0. The summed E-state index contributed by atoms with van der Waals surface area (Å²) >= 11 is 3.47. The molecule has 2 aromatic rings. The topological polar surface area (TPSA) is 12.4 Å². The van der Waals surface area contributed by atoms with Gasteiger partial charge < -0.3 is 0 Å². The highest BCUT2D eigenvalue weighted by molar-refractivity contribution is 8.14. The van der Waals surface area contributed by atoms with Gasteiger partial charge >= 0.3 is 0 Å². The average Bonchev–Trinajstić information content (AvgIpc) is 2.68. The Hall–Kier alpha value is -1.52. The summed E-state index contributed by atoms with van der Waals surface area (Å²) in [6.45, 7) is 0. The van der Waals surface area contributed by atoms with E-state index >= 15 is 0 Å². The number of nitrogens with zero attached hydrogens (tertiary/aromatic N) is 1. The van der Waals surface area contributed by atoms with E-state index in [0.717, 1.165) is 16.7 Å². The van der Waals surface area contributed by atoms with Crippen molar-refractivity contribution in [1.82, 2.24) is 0 Å². The highest BCUT2D eigenvalue weighted by atomic mass is 32.2. The van der Waals surface area contributed by atoms with Crippen LogP contribution in [0.4, 0.5) is 10.1 Å². The number of rotatable bonds is 6. The normalized spacial score (nSPS) is 16.3. The second kappa shape index (κ2) is 10.6. The van der Waals surface area contributed by atoms with Gasteiger partial charge in [0.2, 0.25) is 0 Å². The summed E-state index contributed by atoms with van der Waals surface area (Å²) in [5, 5.41) is 3.02. The first kappa shape index (κ1) is 19.2. The fraction of sp³-hybridized carbons (Fsp3) is 0.318. The maximum atomic E-state index is 13.5. The van der Waals surface area contributed by atoms with E-state index in [1.807, 2.05) is 24.3 Å². The van der Waals surface area contributed by atoms with Gasteiger partial charge in [-0.25, -0.2) is 9.38 Å². The average molecular weight is 386 g/mol. The van der Waals surface area contributed by atoms with Crippen LogP contribution in [0.5, 0.6) is 0 Å². The summed E-state index contributed by atoms with van der Waals surface area (Å²) < 4.78 is 13.5. The molecule has 136 valence electrons. The van der Waals surface area contributed by atoms with Gasteiger partial charge in [-0.3, -0.25) is 0 Å². The smallest absolute Gasteiger partial charge is 0.125 e. The molecule has 0 atom stereocenters. The Morgan fingerprint density at radius 1 is 1.04 bits per heavy atom. The number of thioether (sulfide) groups is 2. The van der Waals surface area contributed by atoms with Crippen LogP contribution >= 0.6 is 23.5 Å². The quantitative estimate of drug-likeness (QED) is 0.290. The molecule has 3 rings (SSSR count). The molecular formula is C22H24FNS2. The predicted molar refractivity (Wildman–Crippen MR) is 114 cm³/mol. The van der Waals surface area contributed by atoms with Crippen molar-refractivity contribution in [2.75, 3.05) is 5.75 Å². The Balaban J connectivity index is 1.67. The lowest BCUT2D eigenvalue weighted by atomic mass is 9.91. The van der Waals surface area contributed by atoms with Gasteiger partial charge in [-0.2, -0.15) is 0 Å². The summed E-state index contributed by atoms with van der Waals surface area (Å²) in [7, 11) is 0. The monoisotopic (exact) mass is 385 g/mol. The van der Waals surface area contributed by atoms with E-state index in [1.54, 1.807) is 29.6 Å². The summed E-state index contributed by atoms with van der Waals surface area (Å²) in [4.78, 5) is 5.87. The Morgan fingerprint density at radius 3 is 2.62 bits per heavy atom. The van der Waals surface area contributed by atoms with Crippen LogP contribution in [0, 0.1) is 11.7 Å². The minimum Gasteiger partial charge on any atom is -0.242 e. The lowest BCUT2D eigenvalue weighted by molar-refractivity contribution is 0.391. The van der Waals surface area contributed by atoms with Gasteiger partial charge in [0.15, 0.2) is 0 Å². The van der Waals surface area contributed by atoms with Crippen LogP contribution in [0.2, 0.25) is 0 Å². The van der Waals surface area contributed by atoms with Crippen LogP contribution in [-0.2, 0) is 0 Å². The van der Waals surface area contributed by atoms with Crippen molar-refractivity contribution in [3.63, 3.8) is 0 Å². The second-order valence-electron chi connectivity index (χ2n) is 6.48. The molecule has 0 N–H and O–H groups in total. The maximum Gasteiger partial charge on any atom is 0.125 e. The van der Waals surface area contributed by atoms with Gasteiger partial charge in [-0.1, -0.05) is 55.3 Å². The third-order valence-electron chi connectivity index (χ3n) is 4.40. The number of aliphatic imine (C=N–C) groups is 1. The molecule has 1 saturated carbocycles. The van der Waals surface area contributed by atoms with Crippen LogP contribution in [0.15, 0.2) is 76.0 Å². The lowest BCUT2D eigenvalue weighted by Crippen LogP contribution is -2.09. The van der Waals surface area contributed by atoms with Gasteiger partial charge in [0.25, 0.3) is 0 Å². The molecule has 0 radical (unpaired) electrons. The van der Waals surface area contributed by atoms with Gasteiger partial charge in [-0.05, 0) is 60.6 Å². The molecule has 0 aromatic heterocycles. The SMILES string of the molecule is Fc1cccc(N=C(/C=C/Sc2ccccc2)SCC2CCCCC2)c1. The Kier molecular flexibility index (Phi) is 7.84. The summed E-state index contributed by atoms with van der Waals surface area (Å²) in [6, 6.07) is 16.8. The van der Waals surface area contributed by atoms with Crippen molar-refractivity contribution in [3.8, 4) is 0 Å². The molecule has 1 aliphatic carbocycles. The largest absolute Gasteiger partial charge is 0.242 e. The Bertz CT molecular complexity index is 737. The number of halogens is 1. The molecule has 0 aliphatic heterocycles. The van der Waals surface area contributed by atoms with Crippen molar-refractivity contribution < 1.29 is 4.39 Å². The zero-order valence-corrected chi connectivity index (χ0v) is 16.4. The maximum absolute atomic E-state index is 13.5. The van der Waals surface area contributed by atoms with E-state index in [9.17, 15) is 4.39 Å². The summed E-state index contributed by atoms with van der Waals surface area (Å²) in [5.41, 5.74) is 0.672. The Morgan fingerprint density at radius 2 is 1.85 bits per heavy atom. The van der Waals surface area contributed by atoms with Crippen LogP contribution in [0.1, 0.15) is 32.1 Å². The van der Waals surface area contributed by atoms with Gasteiger partial charge in [0.05, 0.1) is 10.7 Å². The molecule has 4 heteroatoms. The van der Waals surface area contributed by atoms with E-state index in [2.05, 4.69) is 28.6 Å². The van der Waals surface area contributed by atoms with Crippen molar-refractivity contribution in [2.45, 2.75) is 37.0 Å². The second-order valence-corrected chi connectivity index (χ2v) is 8.50. The first-order valence-corrected chi connectivity index (χ1v) is 11.0. The van der Waals surface area contributed by atoms with E-state index in [1.165, 1.54) is 49.1 Å². The van der Waals surface area contributed by atoms with Crippen LogP contribution < -0.4 is 0 Å². The minimum atomic E-state index is -0.245. The predicted octanol–water partition coefficient (Wildman–Crippen LogP) is 7.48. The first-order chi connectivity index (χ1) is 12.8. The molecule has 0 unspecified atom stereocenters. The van der Waals surface area contributed by atoms with Crippen molar-refractivity contribution >= 4 is 34.3 Å². The number of benzene rings is 2. The number of hydrogen-bond acceptors (Lipinski definition) is 3. The highest BCUT2D eigenvalue weighted by Gasteiger charge is 2.14. The molecule has 1 nitrogen and oxygen atoms in total. The summed E-state index contributed by atoms with van der Waals surface area (Å²) in [5.74, 6) is 1.63.